The quantitative estimate of drug-likeness (QED) is 0.219. The highest BCUT2D eigenvalue weighted by Crippen LogP contribution is 2.34. The first-order valence-corrected chi connectivity index (χ1v) is 15.2. The molecular formula is C34H36FN7O3. The fourth-order valence-corrected chi connectivity index (χ4v) is 6.24. The fourth-order valence-electron chi connectivity index (χ4n) is 6.24. The Morgan fingerprint density at radius 2 is 1.96 bits per heavy atom. The number of carbonyl (C=O) groups is 1. The van der Waals surface area contributed by atoms with Crippen molar-refractivity contribution in [1.29, 1.82) is 5.26 Å². The van der Waals surface area contributed by atoms with Crippen LogP contribution in [0.2, 0.25) is 0 Å². The van der Waals surface area contributed by atoms with Crippen molar-refractivity contribution < 1.29 is 18.7 Å². The average Bonchev–Trinajstić information content (AvgIpc) is 3.66. The molecule has 10 nitrogen and oxygen atoms in total. The zero-order valence-corrected chi connectivity index (χ0v) is 25.4. The molecule has 2 saturated heterocycles. The predicted octanol–water partition coefficient (Wildman–Crippen LogP) is 5.00. The van der Waals surface area contributed by atoms with Gasteiger partial charge in [-0.15, -0.1) is 0 Å². The van der Waals surface area contributed by atoms with Crippen LogP contribution in [0, 0.1) is 17.1 Å². The number of rotatable bonds is 8. The molecule has 0 saturated carbocycles. The summed E-state index contributed by atoms with van der Waals surface area (Å²) in [5, 5.41) is 10.0. The van der Waals surface area contributed by atoms with Gasteiger partial charge in [0.05, 0.1) is 13.2 Å². The number of hydrogen-bond donors (Lipinski definition) is 1. The first kappa shape index (κ1) is 30.2. The summed E-state index contributed by atoms with van der Waals surface area (Å²) in [4.78, 5) is 26.9. The van der Waals surface area contributed by atoms with Gasteiger partial charge in [0.25, 0.3) is 5.91 Å². The van der Waals surface area contributed by atoms with E-state index in [1.54, 1.807) is 47.6 Å². The smallest absolute Gasteiger partial charge is 0.264 e. The van der Waals surface area contributed by atoms with Crippen LogP contribution in [0.15, 0.2) is 72.6 Å². The molecule has 1 atom stereocenters. The molecule has 11 heteroatoms. The molecule has 232 valence electrons. The van der Waals surface area contributed by atoms with E-state index in [0.717, 1.165) is 25.9 Å². The third-order valence-corrected chi connectivity index (χ3v) is 8.56. The number of nitriles is 1. The van der Waals surface area contributed by atoms with E-state index in [-0.39, 0.29) is 28.9 Å². The van der Waals surface area contributed by atoms with Gasteiger partial charge < -0.3 is 20.1 Å². The monoisotopic (exact) mass is 609 g/mol. The van der Waals surface area contributed by atoms with Crippen LogP contribution >= 0.6 is 0 Å². The Balaban J connectivity index is 1.28. The molecule has 4 heterocycles. The third-order valence-electron chi connectivity index (χ3n) is 8.56. The standard InChI is InChI=1S/C34H36FN7O3/c1-34(2,40-15-17-44-18-16-40)21-23(22-36)33(43)41-13-6-7-24(41)19-29-39-30(31-32(37)38-12-14-42(29)31)27-11-10-26(20-28(27)35)45-25-8-4-3-5-9-25/h3-5,8-12,14,20-21,24H,6-7,13,15-19H2,1-2H3,(H2,37,38)/t24-/m0/s1. The number of para-hydroxylation sites is 1. The lowest BCUT2D eigenvalue weighted by Crippen LogP contribution is -2.49. The number of anilines is 1. The number of carbonyl (C=O) groups excluding carboxylic acids is 1. The van der Waals surface area contributed by atoms with Gasteiger partial charge in [0.15, 0.2) is 0 Å². The molecule has 2 aliphatic rings. The van der Waals surface area contributed by atoms with Gasteiger partial charge in [-0.3, -0.25) is 14.1 Å². The molecular weight excluding hydrogens is 573 g/mol. The highest BCUT2D eigenvalue weighted by molar-refractivity contribution is 5.97. The molecule has 0 bridgehead atoms. The van der Waals surface area contributed by atoms with E-state index < -0.39 is 11.4 Å². The lowest BCUT2D eigenvalue weighted by atomic mass is 9.97. The molecule has 2 aromatic carbocycles. The minimum absolute atomic E-state index is 0.125. The Morgan fingerprint density at radius 1 is 1.18 bits per heavy atom. The van der Waals surface area contributed by atoms with Crippen LogP contribution in [-0.2, 0) is 16.0 Å². The highest BCUT2D eigenvalue weighted by atomic mass is 19.1. The van der Waals surface area contributed by atoms with Crippen molar-refractivity contribution in [3.8, 4) is 28.8 Å². The highest BCUT2D eigenvalue weighted by Gasteiger charge is 2.34. The number of amides is 1. The van der Waals surface area contributed by atoms with Crippen LogP contribution in [0.5, 0.6) is 11.5 Å². The normalized spacial score (nSPS) is 17.9. The summed E-state index contributed by atoms with van der Waals surface area (Å²) in [6, 6.07) is 15.8. The Morgan fingerprint density at radius 3 is 2.69 bits per heavy atom. The SMILES string of the molecule is CC(C)(C=C(C#N)C(=O)N1CCC[C@H]1Cc1nc(-c2ccc(Oc3ccccc3)cc2F)c2c(N)nccn12)N1CCOCC1. The second-order valence-electron chi connectivity index (χ2n) is 11.9. The van der Waals surface area contributed by atoms with E-state index in [1.165, 1.54) is 6.07 Å². The minimum atomic E-state index is -0.511. The molecule has 0 aliphatic carbocycles. The molecule has 6 rings (SSSR count). The second-order valence-corrected chi connectivity index (χ2v) is 11.9. The molecule has 4 aromatic rings. The molecule has 2 aromatic heterocycles. The fraction of sp³-hybridized carbons (Fsp3) is 0.353. The topological polar surface area (TPSA) is 122 Å². The van der Waals surface area contributed by atoms with Gasteiger partial charge in [-0.1, -0.05) is 18.2 Å². The van der Waals surface area contributed by atoms with Crippen LogP contribution in [-0.4, -0.2) is 74.5 Å². The van der Waals surface area contributed by atoms with E-state index in [2.05, 4.69) is 16.0 Å². The summed E-state index contributed by atoms with van der Waals surface area (Å²) >= 11 is 0. The lowest BCUT2D eigenvalue weighted by Gasteiger charge is -2.39. The van der Waals surface area contributed by atoms with Gasteiger partial charge >= 0.3 is 0 Å². The van der Waals surface area contributed by atoms with Gasteiger partial charge in [-0.25, -0.2) is 14.4 Å². The molecule has 0 unspecified atom stereocenters. The zero-order chi connectivity index (χ0) is 31.6. The maximum Gasteiger partial charge on any atom is 0.264 e. The van der Waals surface area contributed by atoms with Crippen molar-refractivity contribution in [2.24, 2.45) is 0 Å². The molecule has 0 spiro atoms. The van der Waals surface area contributed by atoms with Crippen molar-refractivity contribution in [2.45, 2.75) is 44.7 Å². The molecule has 1 amide bonds. The molecule has 2 fully saturated rings. The second kappa shape index (κ2) is 12.7. The van der Waals surface area contributed by atoms with Gasteiger partial charge in [-0.05, 0) is 57.0 Å². The number of imidazole rings is 1. The van der Waals surface area contributed by atoms with Crippen molar-refractivity contribution >= 4 is 17.2 Å². The number of benzene rings is 2. The van der Waals surface area contributed by atoms with Crippen LogP contribution < -0.4 is 10.5 Å². The van der Waals surface area contributed by atoms with E-state index in [0.29, 0.717) is 54.7 Å². The van der Waals surface area contributed by atoms with Gasteiger partial charge in [-0.2, -0.15) is 5.26 Å². The number of nitrogen functional groups attached to an aromatic ring is 1. The summed E-state index contributed by atoms with van der Waals surface area (Å²) in [5.74, 6) is 0.998. The van der Waals surface area contributed by atoms with Crippen LogP contribution in [0.3, 0.4) is 0 Å². The number of ether oxygens (including phenoxy) is 2. The number of fused-ring (bicyclic) bond motifs is 1. The number of likely N-dealkylation sites (tertiary alicyclic amines) is 1. The molecule has 0 radical (unpaired) electrons. The number of nitrogens with two attached hydrogens (primary N) is 1. The third kappa shape index (κ3) is 6.25. The Hall–Kier alpha value is -4.79. The van der Waals surface area contributed by atoms with Gasteiger partial charge in [0.1, 0.15) is 51.8 Å². The molecule has 45 heavy (non-hydrogen) atoms. The van der Waals surface area contributed by atoms with E-state index in [1.807, 2.05) is 36.4 Å². The Bertz CT molecular complexity index is 1770. The summed E-state index contributed by atoms with van der Waals surface area (Å²) in [6.45, 7) is 7.28. The summed E-state index contributed by atoms with van der Waals surface area (Å²) < 4.78 is 28.7. The Kier molecular flexibility index (Phi) is 8.52. The summed E-state index contributed by atoms with van der Waals surface area (Å²) in [6.07, 6.45) is 7.06. The average molecular weight is 610 g/mol. The molecule has 2 N–H and O–H groups in total. The maximum atomic E-state index is 15.6. The Labute approximate surface area is 261 Å². The first-order chi connectivity index (χ1) is 21.7. The van der Waals surface area contributed by atoms with E-state index in [9.17, 15) is 10.1 Å². The lowest BCUT2D eigenvalue weighted by molar-refractivity contribution is -0.127. The predicted molar refractivity (Wildman–Crippen MR) is 168 cm³/mol. The van der Waals surface area contributed by atoms with Crippen LogP contribution in [0.4, 0.5) is 10.2 Å². The number of halogens is 1. The van der Waals surface area contributed by atoms with Crippen molar-refractivity contribution in [3.63, 3.8) is 0 Å². The maximum absolute atomic E-state index is 15.6. The van der Waals surface area contributed by atoms with Gasteiger partial charge in [0.2, 0.25) is 0 Å². The zero-order valence-electron chi connectivity index (χ0n) is 25.4. The van der Waals surface area contributed by atoms with Crippen molar-refractivity contribution in [3.05, 3.63) is 84.2 Å². The number of morpholine rings is 1. The number of hydrogen-bond acceptors (Lipinski definition) is 8. The number of nitrogens with zero attached hydrogens (tertiary/aromatic N) is 6. The van der Waals surface area contributed by atoms with Gasteiger partial charge in [0, 0.05) is 61.7 Å². The van der Waals surface area contributed by atoms with E-state index in [4.69, 9.17) is 20.2 Å². The summed E-state index contributed by atoms with van der Waals surface area (Å²) in [5.41, 5.74) is 7.07. The minimum Gasteiger partial charge on any atom is -0.457 e. The van der Waals surface area contributed by atoms with Crippen LogP contribution in [0.25, 0.3) is 16.8 Å². The van der Waals surface area contributed by atoms with Crippen molar-refractivity contribution in [1.82, 2.24) is 24.2 Å². The number of aromatic nitrogens is 3. The summed E-state index contributed by atoms with van der Waals surface area (Å²) in [7, 11) is 0. The van der Waals surface area contributed by atoms with E-state index >= 15 is 4.39 Å². The molecule has 2 aliphatic heterocycles. The first-order valence-electron chi connectivity index (χ1n) is 15.2. The largest absolute Gasteiger partial charge is 0.457 e. The van der Waals surface area contributed by atoms with Crippen molar-refractivity contribution in [2.75, 3.05) is 38.6 Å². The van der Waals surface area contributed by atoms with Crippen LogP contribution in [0.1, 0.15) is 32.5 Å².